The van der Waals surface area contributed by atoms with E-state index in [1.807, 2.05) is 6.92 Å². The average Bonchev–Trinajstić information content (AvgIpc) is 2.37. The summed E-state index contributed by atoms with van der Waals surface area (Å²) in [5.41, 5.74) is 1.27. The second-order valence-electron chi connectivity index (χ2n) is 3.88. The number of rotatable bonds is 6. The third-order valence-electron chi connectivity index (χ3n) is 2.68. The third-order valence-corrected chi connectivity index (χ3v) is 2.87. The van der Waals surface area contributed by atoms with Crippen molar-refractivity contribution in [3.05, 3.63) is 34.9 Å². The number of carbonyl (C=O) groups excluding carboxylic acids is 1. The number of alkyl halides is 1. The van der Waals surface area contributed by atoms with Gasteiger partial charge in [0.05, 0.1) is 0 Å². The summed E-state index contributed by atoms with van der Waals surface area (Å²) in [6.45, 7) is 1.93. The molecule has 0 bridgehead atoms. The smallest absolute Gasteiger partial charge is 0.337 e. The first-order valence-electron chi connectivity index (χ1n) is 5.64. The molecule has 1 atom stereocenters. The highest BCUT2D eigenvalue weighted by atomic mass is 35.5. The molecule has 2 N–H and O–H groups in total. The second kappa shape index (κ2) is 6.52. The molecule has 1 aromatic rings. The molecular weight excluding hydrogens is 256 g/mol. The predicted octanol–water partition coefficient (Wildman–Crippen LogP) is 2.18. The van der Waals surface area contributed by atoms with Gasteiger partial charge in [0, 0.05) is 23.4 Å². The van der Waals surface area contributed by atoms with E-state index in [-0.39, 0.29) is 29.2 Å². The molecule has 0 aliphatic carbocycles. The quantitative estimate of drug-likeness (QED) is 0.614. The van der Waals surface area contributed by atoms with Crippen LogP contribution in [0.2, 0.25) is 0 Å². The zero-order valence-corrected chi connectivity index (χ0v) is 10.8. The first kappa shape index (κ1) is 14.7. The Morgan fingerprint density at radius 2 is 2.06 bits per heavy atom. The number of aliphatic carboxylic acids is 1. The number of aliphatic hydroxyl groups is 1. The number of carbonyl (C=O) groups is 2. The number of carboxylic acids is 1. The van der Waals surface area contributed by atoms with Crippen molar-refractivity contribution >= 4 is 23.4 Å². The van der Waals surface area contributed by atoms with Crippen molar-refractivity contribution in [3.63, 3.8) is 0 Å². The molecule has 0 aliphatic rings. The molecule has 0 aromatic heterocycles. The van der Waals surface area contributed by atoms with Crippen LogP contribution >= 0.6 is 11.6 Å². The Morgan fingerprint density at radius 1 is 1.39 bits per heavy atom. The lowest BCUT2D eigenvalue weighted by molar-refractivity contribution is -0.146. The van der Waals surface area contributed by atoms with Crippen LogP contribution < -0.4 is 0 Å². The van der Waals surface area contributed by atoms with Gasteiger partial charge in [-0.05, 0) is 18.1 Å². The number of hydrogen-bond acceptors (Lipinski definition) is 3. The molecule has 4 nitrogen and oxygen atoms in total. The molecule has 98 valence electrons. The van der Waals surface area contributed by atoms with E-state index >= 15 is 0 Å². The molecule has 1 unspecified atom stereocenters. The lowest BCUT2D eigenvalue weighted by atomic mass is 9.95. The average molecular weight is 271 g/mol. The standard InChI is InChI=1S/C13H15ClO4/c1-2-8-3-4-9(12(16)13(17)18)10(7-8)11(15)5-6-14/h3-4,7,12,16H,2,5-6H2,1H3,(H,17,18). The number of Topliss-reactive ketones (excluding diaryl/α,β-unsaturated/α-hetero) is 1. The van der Waals surface area contributed by atoms with Gasteiger partial charge in [-0.3, -0.25) is 4.79 Å². The van der Waals surface area contributed by atoms with Gasteiger partial charge in [-0.25, -0.2) is 4.79 Å². The molecule has 1 rings (SSSR count). The van der Waals surface area contributed by atoms with Crippen LogP contribution in [-0.4, -0.2) is 27.8 Å². The molecule has 1 aromatic carbocycles. The van der Waals surface area contributed by atoms with Gasteiger partial charge >= 0.3 is 5.97 Å². The fourth-order valence-corrected chi connectivity index (χ4v) is 1.83. The van der Waals surface area contributed by atoms with Gasteiger partial charge in [0.2, 0.25) is 0 Å². The van der Waals surface area contributed by atoms with E-state index in [0.717, 1.165) is 12.0 Å². The Labute approximate surface area is 110 Å². The number of benzene rings is 1. The number of hydrogen-bond donors (Lipinski definition) is 2. The Kier molecular flexibility index (Phi) is 5.31. The Morgan fingerprint density at radius 3 is 2.56 bits per heavy atom. The van der Waals surface area contributed by atoms with E-state index in [0.29, 0.717) is 0 Å². The Balaban J connectivity index is 3.24. The maximum atomic E-state index is 11.9. The fraction of sp³-hybridized carbons (Fsp3) is 0.385. The SMILES string of the molecule is CCc1ccc(C(O)C(=O)O)c(C(=O)CCCl)c1. The van der Waals surface area contributed by atoms with Crippen molar-refractivity contribution in [3.8, 4) is 0 Å². The molecular formula is C13H15ClO4. The van der Waals surface area contributed by atoms with Crippen LogP contribution in [0.3, 0.4) is 0 Å². The van der Waals surface area contributed by atoms with E-state index in [4.69, 9.17) is 16.7 Å². The predicted molar refractivity (Wildman–Crippen MR) is 68.1 cm³/mol. The van der Waals surface area contributed by atoms with E-state index in [1.54, 1.807) is 12.1 Å². The van der Waals surface area contributed by atoms with Crippen molar-refractivity contribution in [2.45, 2.75) is 25.9 Å². The molecule has 0 spiro atoms. The van der Waals surface area contributed by atoms with Gasteiger partial charge < -0.3 is 10.2 Å². The van der Waals surface area contributed by atoms with E-state index in [1.165, 1.54) is 6.07 Å². The van der Waals surface area contributed by atoms with Gasteiger partial charge in [0.15, 0.2) is 11.9 Å². The Bertz CT molecular complexity index is 456. The van der Waals surface area contributed by atoms with Gasteiger partial charge in [0.1, 0.15) is 0 Å². The summed E-state index contributed by atoms with van der Waals surface area (Å²) in [5.74, 6) is -1.47. The molecule has 0 saturated carbocycles. The summed E-state index contributed by atoms with van der Waals surface area (Å²) < 4.78 is 0. The topological polar surface area (TPSA) is 74.6 Å². The molecule has 18 heavy (non-hydrogen) atoms. The van der Waals surface area contributed by atoms with Gasteiger partial charge in [-0.1, -0.05) is 19.1 Å². The van der Waals surface area contributed by atoms with Crippen LogP contribution in [0.4, 0.5) is 0 Å². The van der Waals surface area contributed by atoms with E-state index < -0.39 is 12.1 Å². The number of ketones is 1. The monoisotopic (exact) mass is 270 g/mol. The number of aliphatic hydroxyl groups excluding tert-OH is 1. The fourth-order valence-electron chi connectivity index (χ4n) is 1.66. The highest BCUT2D eigenvalue weighted by Crippen LogP contribution is 2.22. The molecule has 0 saturated heterocycles. The molecule has 0 aliphatic heterocycles. The summed E-state index contributed by atoms with van der Waals surface area (Å²) in [4.78, 5) is 22.7. The summed E-state index contributed by atoms with van der Waals surface area (Å²) in [5, 5.41) is 18.4. The van der Waals surface area contributed by atoms with Crippen LogP contribution in [-0.2, 0) is 11.2 Å². The largest absolute Gasteiger partial charge is 0.479 e. The van der Waals surface area contributed by atoms with Crippen molar-refractivity contribution in [1.82, 2.24) is 0 Å². The third kappa shape index (κ3) is 3.31. The van der Waals surface area contributed by atoms with Crippen molar-refractivity contribution < 1.29 is 19.8 Å². The second-order valence-corrected chi connectivity index (χ2v) is 4.26. The highest BCUT2D eigenvalue weighted by molar-refractivity contribution is 6.19. The van der Waals surface area contributed by atoms with Crippen molar-refractivity contribution in [2.24, 2.45) is 0 Å². The van der Waals surface area contributed by atoms with Crippen LogP contribution in [0, 0.1) is 0 Å². The van der Waals surface area contributed by atoms with Crippen molar-refractivity contribution in [2.75, 3.05) is 5.88 Å². The minimum atomic E-state index is -1.69. The van der Waals surface area contributed by atoms with E-state index in [9.17, 15) is 14.7 Å². The van der Waals surface area contributed by atoms with Gasteiger partial charge in [0.25, 0.3) is 0 Å². The molecule has 0 amide bonds. The van der Waals surface area contributed by atoms with Crippen molar-refractivity contribution in [1.29, 1.82) is 0 Å². The van der Waals surface area contributed by atoms with Crippen LogP contribution in [0.1, 0.15) is 40.9 Å². The zero-order chi connectivity index (χ0) is 13.7. The first-order valence-corrected chi connectivity index (χ1v) is 6.17. The Hall–Kier alpha value is -1.39. The summed E-state index contributed by atoms with van der Waals surface area (Å²) in [7, 11) is 0. The maximum absolute atomic E-state index is 11.9. The van der Waals surface area contributed by atoms with Gasteiger partial charge in [-0.2, -0.15) is 0 Å². The molecule has 5 heteroatoms. The normalized spacial score (nSPS) is 12.2. The first-order chi connectivity index (χ1) is 8.51. The minimum Gasteiger partial charge on any atom is -0.479 e. The molecule has 0 radical (unpaired) electrons. The lowest BCUT2D eigenvalue weighted by Crippen LogP contribution is -2.15. The summed E-state index contributed by atoms with van der Waals surface area (Å²) >= 11 is 5.51. The number of carboxylic acid groups (broad SMARTS) is 1. The molecule has 0 fully saturated rings. The number of halogens is 1. The highest BCUT2D eigenvalue weighted by Gasteiger charge is 2.22. The lowest BCUT2D eigenvalue weighted by Gasteiger charge is -2.12. The van der Waals surface area contributed by atoms with Crippen LogP contribution in [0.15, 0.2) is 18.2 Å². The molecule has 0 heterocycles. The minimum absolute atomic E-state index is 0.119. The van der Waals surface area contributed by atoms with Crippen LogP contribution in [0.5, 0.6) is 0 Å². The maximum Gasteiger partial charge on any atom is 0.337 e. The van der Waals surface area contributed by atoms with Crippen LogP contribution in [0.25, 0.3) is 0 Å². The van der Waals surface area contributed by atoms with Gasteiger partial charge in [-0.15, -0.1) is 11.6 Å². The summed E-state index contributed by atoms with van der Waals surface area (Å²) in [6.07, 6.45) is -0.844. The van der Waals surface area contributed by atoms with E-state index in [2.05, 4.69) is 0 Å². The number of aryl methyl sites for hydroxylation is 1. The zero-order valence-electron chi connectivity index (χ0n) is 10.0. The summed E-state index contributed by atoms with van der Waals surface area (Å²) in [6, 6.07) is 4.81.